The Bertz CT molecular complexity index is 294. The second-order valence-electron chi connectivity index (χ2n) is 4.32. The Balaban J connectivity index is 1.78. The van der Waals surface area contributed by atoms with Crippen LogP contribution in [-0.2, 0) is 11.3 Å². The molecule has 0 unspecified atom stereocenters. The summed E-state index contributed by atoms with van der Waals surface area (Å²) in [5.41, 5.74) is 1.32. The number of thioether (sulfide) groups is 1. The fraction of sp³-hybridized carbons (Fsp3) is 0.667. The number of nitrogens with one attached hydrogen (secondary N) is 2. The SMILES string of the molecule is CSC1(CNCc2cc[nH]c2)CCOCC1. The van der Waals surface area contributed by atoms with Gasteiger partial charge in [0.2, 0.25) is 0 Å². The number of H-pyrrole nitrogens is 1. The molecule has 3 nitrogen and oxygen atoms in total. The van der Waals surface area contributed by atoms with Crippen molar-refractivity contribution in [1.29, 1.82) is 0 Å². The quantitative estimate of drug-likeness (QED) is 0.827. The molecule has 90 valence electrons. The van der Waals surface area contributed by atoms with E-state index in [-0.39, 0.29) is 0 Å². The summed E-state index contributed by atoms with van der Waals surface area (Å²) < 4.78 is 5.82. The Morgan fingerprint density at radius 1 is 1.50 bits per heavy atom. The highest BCUT2D eigenvalue weighted by Crippen LogP contribution is 2.32. The third kappa shape index (κ3) is 3.03. The minimum Gasteiger partial charge on any atom is -0.381 e. The van der Waals surface area contributed by atoms with Gasteiger partial charge in [-0.15, -0.1) is 0 Å². The number of aromatic amines is 1. The maximum Gasteiger partial charge on any atom is 0.0479 e. The molecule has 0 amide bonds. The summed E-state index contributed by atoms with van der Waals surface area (Å²) in [4.78, 5) is 3.08. The van der Waals surface area contributed by atoms with Gasteiger partial charge in [0.25, 0.3) is 0 Å². The van der Waals surface area contributed by atoms with Crippen LogP contribution in [0.1, 0.15) is 18.4 Å². The zero-order valence-electron chi connectivity index (χ0n) is 9.79. The van der Waals surface area contributed by atoms with Crippen molar-refractivity contribution in [3.63, 3.8) is 0 Å². The van der Waals surface area contributed by atoms with E-state index >= 15 is 0 Å². The van der Waals surface area contributed by atoms with E-state index in [1.807, 2.05) is 24.2 Å². The molecule has 16 heavy (non-hydrogen) atoms. The third-order valence-corrected chi connectivity index (χ3v) is 4.69. The van der Waals surface area contributed by atoms with Crippen LogP contribution in [-0.4, -0.2) is 35.7 Å². The van der Waals surface area contributed by atoms with Crippen LogP contribution in [0, 0.1) is 0 Å². The molecule has 0 aromatic carbocycles. The van der Waals surface area contributed by atoms with E-state index in [9.17, 15) is 0 Å². The van der Waals surface area contributed by atoms with Gasteiger partial charge in [-0.3, -0.25) is 0 Å². The lowest BCUT2D eigenvalue weighted by Crippen LogP contribution is -2.42. The first-order valence-electron chi connectivity index (χ1n) is 5.80. The highest BCUT2D eigenvalue weighted by Gasteiger charge is 2.31. The van der Waals surface area contributed by atoms with Crippen LogP contribution in [0.25, 0.3) is 0 Å². The predicted molar refractivity (Wildman–Crippen MR) is 68.8 cm³/mol. The number of ether oxygens (including phenoxy) is 1. The average molecular weight is 240 g/mol. The zero-order chi connectivity index (χ0) is 11.3. The van der Waals surface area contributed by atoms with Crippen molar-refractivity contribution in [3.05, 3.63) is 24.0 Å². The summed E-state index contributed by atoms with van der Waals surface area (Å²) in [5, 5.41) is 3.55. The summed E-state index contributed by atoms with van der Waals surface area (Å²) in [6, 6.07) is 2.11. The molecular formula is C12H20N2OS. The topological polar surface area (TPSA) is 37.0 Å². The van der Waals surface area contributed by atoms with Crippen molar-refractivity contribution >= 4 is 11.8 Å². The summed E-state index contributed by atoms with van der Waals surface area (Å²) in [7, 11) is 0. The molecule has 1 aromatic heterocycles. The lowest BCUT2D eigenvalue weighted by Gasteiger charge is -2.35. The molecule has 0 saturated carbocycles. The molecule has 0 aliphatic carbocycles. The minimum absolute atomic E-state index is 0.383. The van der Waals surface area contributed by atoms with E-state index in [1.165, 1.54) is 5.56 Å². The second kappa shape index (κ2) is 5.75. The van der Waals surface area contributed by atoms with Crippen molar-refractivity contribution in [1.82, 2.24) is 10.3 Å². The van der Waals surface area contributed by atoms with Crippen molar-refractivity contribution < 1.29 is 4.74 Å². The minimum atomic E-state index is 0.383. The lowest BCUT2D eigenvalue weighted by atomic mass is 9.99. The van der Waals surface area contributed by atoms with Gasteiger partial charge in [0, 0.05) is 43.4 Å². The molecule has 1 aliphatic rings. The Kier molecular flexibility index (Phi) is 4.32. The van der Waals surface area contributed by atoms with E-state index in [4.69, 9.17) is 4.74 Å². The molecule has 2 rings (SSSR count). The van der Waals surface area contributed by atoms with Crippen LogP contribution in [0.3, 0.4) is 0 Å². The molecule has 0 bridgehead atoms. The highest BCUT2D eigenvalue weighted by atomic mass is 32.2. The fourth-order valence-electron chi connectivity index (χ4n) is 2.10. The van der Waals surface area contributed by atoms with Gasteiger partial charge in [-0.05, 0) is 30.7 Å². The number of hydrogen-bond donors (Lipinski definition) is 2. The van der Waals surface area contributed by atoms with E-state index in [0.717, 1.165) is 39.1 Å². The summed E-state index contributed by atoms with van der Waals surface area (Å²) in [5.74, 6) is 0. The van der Waals surface area contributed by atoms with E-state index in [1.54, 1.807) is 0 Å². The Morgan fingerprint density at radius 3 is 2.94 bits per heavy atom. The Morgan fingerprint density at radius 2 is 2.31 bits per heavy atom. The molecule has 0 radical (unpaired) electrons. The van der Waals surface area contributed by atoms with Gasteiger partial charge in [-0.1, -0.05) is 0 Å². The Labute approximate surface area is 101 Å². The Hall–Kier alpha value is -0.450. The fourth-order valence-corrected chi connectivity index (χ4v) is 2.92. The van der Waals surface area contributed by atoms with Crippen LogP contribution < -0.4 is 5.32 Å². The number of hydrogen-bond acceptors (Lipinski definition) is 3. The van der Waals surface area contributed by atoms with Gasteiger partial charge in [0.15, 0.2) is 0 Å². The van der Waals surface area contributed by atoms with Gasteiger partial charge >= 0.3 is 0 Å². The molecule has 4 heteroatoms. The molecule has 1 aromatic rings. The molecule has 0 spiro atoms. The maximum absolute atomic E-state index is 5.43. The largest absolute Gasteiger partial charge is 0.381 e. The molecule has 1 saturated heterocycles. The van der Waals surface area contributed by atoms with E-state index in [2.05, 4.69) is 22.6 Å². The predicted octanol–water partition coefficient (Wildman–Crippen LogP) is 2.02. The van der Waals surface area contributed by atoms with Crippen molar-refractivity contribution in [2.24, 2.45) is 0 Å². The van der Waals surface area contributed by atoms with Gasteiger partial charge in [-0.2, -0.15) is 11.8 Å². The molecular weight excluding hydrogens is 220 g/mol. The van der Waals surface area contributed by atoms with Crippen LogP contribution in [0.2, 0.25) is 0 Å². The summed E-state index contributed by atoms with van der Waals surface area (Å²) in [6.45, 7) is 3.84. The van der Waals surface area contributed by atoms with Crippen molar-refractivity contribution in [2.75, 3.05) is 26.0 Å². The highest BCUT2D eigenvalue weighted by molar-refractivity contribution is 8.00. The standard InChI is InChI=1S/C12H20N2OS/c1-16-12(3-6-15-7-4-12)10-14-9-11-2-5-13-8-11/h2,5,8,13-14H,3-4,6-7,9-10H2,1H3. The molecule has 1 aliphatic heterocycles. The van der Waals surface area contributed by atoms with Crippen LogP contribution in [0.15, 0.2) is 18.5 Å². The zero-order valence-corrected chi connectivity index (χ0v) is 10.6. The average Bonchev–Trinajstić information content (AvgIpc) is 2.83. The van der Waals surface area contributed by atoms with Gasteiger partial charge < -0.3 is 15.0 Å². The van der Waals surface area contributed by atoms with Crippen LogP contribution in [0.5, 0.6) is 0 Å². The van der Waals surface area contributed by atoms with Gasteiger partial charge in [0.05, 0.1) is 0 Å². The molecule has 2 heterocycles. The summed E-state index contributed by atoms with van der Waals surface area (Å²) >= 11 is 1.98. The van der Waals surface area contributed by atoms with Crippen LogP contribution >= 0.6 is 11.8 Å². The van der Waals surface area contributed by atoms with E-state index < -0.39 is 0 Å². The first-order chi connectivity index (χ1) is 7.85. The monoisotopic (exact) mass is 240 g/mol. The summed E-state index contributed by atoms with van der Waals surface area (Å²) in [6.07, 6.45) is 8.55. The van der Waals surface area contributed by atoms with Crippen molar-refractivity contribution in [3.8, 4) is 0 Å². The van der Waals surface area contributed by atoms with Crippen LogP contribution in [0.4, 0.5) is 0 Å². The second-order valence-corrected chi connectivity index (χ2v) is 5.60. The maximum atomic E-state index is 5.43. The van der Waals surface area contributed by atoms with E-state index in [0.29, 0.717) is 4.75 Å². The first-order valence-corrected chi connectivity index (χ1v) is 7.02. The normalized spacial score (nSPS) is 19.8. The lowest BCUT2D eigenvalue weighted by molar-refractivity contribution is 0.0772. The van der Waals surface area contributed by atoms with Gasteiger partial charge in [-0.25, -0.2) is 0 Å². The number of rotatable bonds is 5. The molecule has 0 atom stereocenters. The number of aromatic nitrogens is 1. The van der Waals surface area contributed by atoms with Crippen molar-refractivity contribution in [2.45, 2.75) is 24.1 Å². The smallest absolute Gasteiger partial charge is 0.0479 e. The van der Waals surface area contributed by atoms with Gasteiger partial charge in [0.1, 0.15) is 0 Å². The molecule has 1 fully saturated rings. The first kappa shape index (κ1) is 12.0. The third-order valence-electron chi connectivity index (χ3n) is 3.28. The molecule has 2 N–H and O–H groups in total.